The number of rotatable bonds is 0. The first-order chi connectivity index (χ1) is 5.04. The third-order valence-electron chi connectivity index (χ3n) is 2.04. The van der Waals surface area contributed by atoms with E-state index < -0.39 is 0 Å². The Hall–Kier alpha value is 0.180. The molecule has 0 aliphatic rings. The predicted molar refractivity (Wildman–Crippen MR) is 56.1 cm³/mol. The first kappa shape index (κ1) is 9.27. The maximum Gasteiger partial charge on any atom is 0.0349 e. The lowest BCUT2D eigenvalue weighted by atomic mass is 10.1. The fourth-order valence-corrected chi connectivity index (χ4v) is 2.05. The monoisotopic (exact) mass is 276 g/mol. The Morgan fingerprint density at radius 2 is 1.55 bits per heavy atom. The molecule has 0 fully saturated rings. The molecule has 0 aromatic heterocycles. The van der Waals surface area contributed by atoms with Gasteiger partial charge in [0.2, 0.25) is 0 Å². The molecule has 0 amide bonds. The summed E-state index contributed by atoms with van der Waals surface area (Å²) in [5.41, 5.74) is 4.01. The van der Waals surface area contributed by atoms with Gasteiger partial charge in [0.15, 0.2) is 0 Å². The largest absolute Gasteiger partial charge is 0.0496 e. The first-order valence-electron chi connectivity index (χ1n) is 3.46. The first-order valence-corrected chi connectivity index (χ1v) is 5.04. The van der Waals surface area contributed by atoms with E-state index in [9.17, 15) is 0 Å². The summed E-state index contributed by atoms with van der Waals surface area (Å²) in [6, 6.07) is 2.13. The minimum absolute atomic E-state index is 1.14. The molecule has 0 bridgehead atoms. The Bertz CT molecular complexity index is 264. The number of hydrogen-bond donors (Lipinski definition) is 0. The van der Waals surface area contributed by atoms with Crippen molar-refractivity contribution >= 4 is 31.9 Å². The van der Waals surface area contributed by atoms with Crippen molar-refractivity contribution in [2.45, 2.75) is 20.8 Å². The summed E-state index contributed by atoms with van der Waals surface area (Å²) < 4.78 is 2.30. The molecule has 0 saturated carbocycles. The highest BCUT2D eigenvalue weighted by atomic mass is 79.9. The van der Waals surface area contributed by atoms with E-state index in [-0.39, 0.29) is 0 Å². The Labute approximate surface area is 84.3 Å². The van der Waals surface area contributed by atoms with Gasteiger partial charge in [-0.1, -0.05) is 0 Å². The predicted octanol–water partition coefficient (Wildman–Crippen LogP) is 4.14. The highest BCUT2D eigenvalue weighted by Crippen LogP contribution is 2.30. The summed E-state index contributed by atoms with van der Waals surface area (Å²) in [5, 5.41) is 0. The van der Waals surface area contributed by atoms with E-state index in [1.165, 1.54) is 21.2 Å². The normalized spacial score (nSPS) is 10.3. The second-order valence-electron chi connectivity index (χ2n) is 2.74. The zero-order valence-corrected chi connectivity index (χ0v) is 10.0. The molecule has 0 unspecified atom stereocenters. The highest BCUT2D eigenvalue weighted by molar-refractivity contribution is 9.13. The van der Waals surface area contributed by atoms with Crippen molar-refractivity contribution in [1.29, 1.82) is 0 Å². The number of hydrogen-bond acceptors (Lipinski definition) is 0. The maximum absolute atomic E-state index is 3.52. The van der Waals surface area contributed by atoms with Gasteiger partial charge in [-0.2, -0.15) is 0 Å². The number of halogens is 2. The van der Waals surface area contributed by atoms with Crippen LogP contribution in [0.2, 0.25) is 0 Å². The second kappa shape index (κ2) is 3.28. The third kappa shape index (κ3) is 1.67. The summed E-state index contributed by atoms with van der Waals surface area (Å²) in [5.74, 6) is 0. The molecule has 0 saturated heterocycles. The van der Waals surface area contributed by atoms with Gasteiger partial charge in [0.25, 0.3) is 0 Å². The van der Waals surface area contributed by atoms with Gasteiger partial charge in [-0.3, -0.25) is 0 Å². The minimum atomic E-state index is 1.14. The van der Waals surface area contributed by atoms with Crippen LogP contribution in [-0.2, 0) is 0 Å². The van der Waals surface area contributed by atoms with Crippen LogP contribution in [0.25, 0.3) is 0 Å². The zero-order chi connectivity index (χ0) is 8.59. The Morgan fingerprint density at radius 3 is 2.09 bits per heavy atom. The van der Waals surface area contributed by atoms with Crippen LogP contribution in [0.1, 0.15) is 16.7 Å². The lowest BCUT2D eigenvalue weighted by Crippen LogP contribution is -1.88. The molecule has 2 heteroatoms. The SMILES string of the molecule is Cc1cc(Br)c(Br)c(C)c1C. The summed E-state index contributed by atoms with van der Waals surface area (Å²) in [6.07, 6.45) is 0. The molecule has 0 nitrogen and oxygen atoms in total. The average Bonchev–Trinajstić information content (AvgIpc) is 1.97. The Morgan fingerprint density at radius 1 is 1.00 bits per heavy atom. The van der Waals surface area contributed by atoms with Crippen LogP contribution in [0.3, 0.4) is 0 Å². The van der Waals surface area contributed by atoms with E-state index in [2.05, 4.69) is 58.7 Å². The smallest absolute Gasteiger partial charge is 0.0349 e. The van der Waals surface area contributed by atoms with Gasteiger partial charge in [-0.15, -0.1) is 0 Å². The standard InChI is InChI=1S/C9H10Br2/c1-5-4-8(10)9(11)7(3)6(5)2/h4H,1-3H3. The average molecular weight is 278 g/mol. The molecule has 0 atom stereocenters. The summed E-state index contributed by atoms with van der Waals surface area (Å²) >= 11 is 7.00. The summed E-state index contributed by atoms with van der Waals surface area (Å²) in [4.78, 5) is 0. The van der Waals surface area contributed by atoms with E-state index in [1.807, 2.05) is 0 Å². The van der Waals surface area contributed by atoms with Crippen LogP contribution in [-0.4, -0.2) is 0 Å². The van der Waals surface area contributed by atoms with Gasteiger partial charge in [0.05, 0.1) is 0 Å². The van der Waals surface area contributed by atoms with E-state index in [0.29, 0.717) is 0 Å². The maximum atomic E-state index is 3.52. The van der Waals surface area contributed by atoms with Crippen LogP contribution >= 0.6 is 31.9 Å². The number of benzene rings is 1. The molecule has 0 aliphatic heterocycles. The molecule has 0 aliphatic carbocycles. The van der Waals surface area contributed by atoms with E-state index >= 15 is 0 Å². The van der Waals surface area contributed by atoms with Crippen molar-refractivity contribution in [3.63, 3.8) is 0 Å². The summed E-state index contributed by atoms with van der Waals surface area (Å²) in [6.45, 7) is 6.39. The van der Waals surface area contributed by atoms with Crippen molar-refractivity contribution in [2.24, 2.45) is 0 Å². The third-order valence-corrected chi connectivity index (χ3v) is 4.22. The van der Waals surface area contributed by atoms with Crippen LogP contribution in [0.5, 0.6) is 0 Å². The highest BCUT2D eigenvalue weighted by Gasteiger charge is 2.04. The quantitative estimate of drug-likeness (QED) is 0.669. The van der Waals surface area contributed by atoms with Gasteiger partial charge >= 0.3 is 0 Å². The van der Waals surface area contributed by atoms with Crippen LogP contribution in [0.4, 0.5) is 0 Å². The van der Waals surface area contributed by atoms with Crippen LogP contribution in [0.15, 0.2) is 15.0 Å². The summed E-state index contributed by atoms with van der Waals surface area (Å²) in [7, 11) is 0. The molecule has 1 rings (SSSR count). The van der Waals surface area contributed by atoms with E-state index in [0.717, 1.165) is 4.47 Å². The molecule has 11 heavy (non-hydrogen) atoms. The topological polar surface area (TPSA) is 0 Å². The lowest BCUT2D eigenvalue weighted by molar-refractivity contribution is 1.24. The van der Waals surface area contributed by atoms with Gasteiger partial charge in [-0.25, -0.2) is 0 Å². The zero-order valence-electron chi connectivity index (χ0n) is 6.83. The van der Waals surface area contributed by atoms with E-state index in [1.54, 1.807) is 0 Å². The molecular formula is C9H10Br2. The molecule has 0 radical (unpaired) electrons. The van der Waals surface area contributed by atoms with Crippen molar-refractivity contribution in [3.05, 3.63) is 31.7 Å². The van der Waals surface area contributed by atoms with Crippen molar-refractivity contribution < 1.29 is 0 Å². The second-order valence-corrected chi connectivity index (χ2v) is 4.39. The molecule has 0 heterocycles. The van der Waals surface area contributed by atoms with Crippen molar-refractivity contribution in [3.8, 4) is 0 Å². The van der Waals surface area contributed by atoms with Gasteiger partial charge in [-0.05, 0) is 75.4 Å². The van der Waals surface area contributed by atoms with Crippen LogP contribution in [0, 0.1) is 20.8 Å². The van der Waals surface area contributed by atoms with E-state index in [4.69, 9.17) is 0 Å². The Kier molecular flexibility index (Phi) is 2.76. The molecule has 1 aromatic carbocycles. The Balaban J connectivity index is 3.46. The minimum Gasteiger partial charge on any atom is -0.0496 e. The fourth-order valence-electron chi connectivity index (χ4n) is 1.00. The molecule has 60 valence electrons. The molecule has 1 aromatic rings. The van der Waals surface area contributed by atoms with Gasteiger partial charge < -0.3 is 0 Å². The fraction of sp³-hybridized carbons (Fsp3) is 0.333. The van der Waals surface area contributed by atoms with Crippen molar-refractivity contribution in [2.75, 3.05) is 0 Å². The molecule has 0 spiro atoms. The molecular weight excluding hydrogens is 268 g/mol. The van der Waals surface area contributed by atoms with Crippen LogP contribution < -0.4 is 0 Å². The van der Waals surface area contributed by atoms with Crippen molar-refractivity contribution in [1.82, 2.24) is 0 Å². The lowest BCUT2D eigenvalue weighted by Gasteiger charge is -2.08. The molecule has 0 N–H and O–H groups in total. The van der Waals surface area contributed by atoms with Gasteiger partial charge in [0, 0.05) is 8.95 Å². The van der Waals surface area contributed by atoms with Gasteiger partial charge in [0.1, 0.15) is 0 Å². The number of aryl methyl sites for hydroxylation is 1.